The summed E-state index contributed by atoms with van der Waals surface area (Å²) in [6.07, 6.45) is -0.482. The lowest BCUT2D eigenvalue weighted by molar-refractivity contribution is -0.168. The van der Waals surface area contributed by atoms with E-state index in [1.54, 1.807) is 38.5 Å². The van der Waals surface area contributed by atoms with Crippen molar-refractivity contribution >= 4 is 56.6 Å². The van der Waals surface area contributed by atoms with Crippen molar-refractivity contribution in [2.24, 2.45) is 7.05 Å². The van der Waals surface area contributed by atoms with E-state index < -0.39 is 41.7 Å². The Morgan fingerprint density at radius 3 is 1.97 bits per heavy atom. The van der Waals surface area contributed by atoms with Crippen molar-refractivity contribution in [3.05, 3.63) is 27.9 Å². The Morgan fingerprint density at radius 2 is 1.50 bits per heavy atom. The molecule has 0 aliphatic carbocycles. The molecule has 1 aromatic heterocycles. The minimum absolute atomic E-state index is 0.0265. The van der Waals surface area contributed by atoms with Gasteiger partial charge >= 0.3 is 23.9 Å². The van der Waals surface area contributed by atoms with Crippen molar-refractivity contribution in [1.82, 2.24) is 9.88 Å². The number of nitrogens with one attached hydrogen (secondary N) is 1. The monoisotopic (exact) mass is 568 g/mol. The number of nitrogens with zero attached hydrogens (tertiary/aromatic N) is 1. The van der Waals surface area contributed by atoms with Crippen LogP contribution in [0.4, 0.5) is 0 Å². The van der Waals surface area contributed by atoms with Crippen LogP contribution in [0.2, 0.25) is 0 Å². The molecule has 0 aliphatic heterocycles. The maximum Gasteiger partial charge on any atom is 0.344 e. The van der Waals surface area contributed by atoms with Crippen LogP contribution in [-0.2, 0) is 46.9 Å². The van der Waals surface area contributed by atoms with Crippen LogP contribution >= 0.6 is 15.9 Å². The smallest absolute Gasteiger partial charge is 0.344 e. The van der Waals surface area contributed by atoms with Crippen molar-refractivity contribution < 1.29 is 42.9 Å². The van der Waals surface area contributed by atoms with Crippen molar-refractivity contribution in [2.45, 2.75) is 46.6 Å². The molecule has 1 amide bonds. The fourth-order valence-corrected chi connectivity index (χ4v) is 4.21. The number of esters is 4. The second kappa shape index (κ2) is 12.0. The van der Waals surface area contributed by atoms with E-state index in [2.05, 4.69) is 21.2 Å². The van der Waals surface area contributed by atoms with Crippen LogP contribution in [0.25, 0.3) is 10.9 Å². The molecule has 0 spiro atoms. The van der Waals surface area contributed by atoms with Gasteiger partial charge in [0.05, 0.1) is 35.4 Å². The summed E-state index contributed by atoms with van der Waals surface area (Å²) in [5.74, 6) is -3.92. The number of carbonyl (C=O) groups excluding carboxylic acids is 5. The maximum atomic E-state index is 13.2. The standard InChI is InChI=1S/C24H29BrN2O9/c1-7-33-21(30)20-15-10-19(36-14(5)29)16(25)11-17(15)27(6)18(20)12-24(26-13(4)28,22(31)34-8-2)23(32)35-9-3/h10-11H,7-9,12H2,1-6H3,(H,26,28). The third kappa shape index (κ3) is 5.86. The topological polar surface area (TPSA) is 139 Å². The van der Waals surface area contributed by atoms with E-state index in [1.165, 1.54) is 13.0 Å². The number of ether oxygens (including phenoxy) is 4. The highest BCUT2D eigenvalue weighted by atomic mass is 79.9. The summed E-state index contributed by atoms with van der Waals surface area (Å²) in [7, 11) is 1.62. The molecule has 196 valence electrons. The Morgan fingerprint density at radius 1 is 0.944 bits per heavy atom. The SMILES string of the molecule is CCOC(=O)c1c(CC(NC(C)=O)(C(=O)OCC)C(=O)OCC)n(C)c2cc(Br)c(OC(C)=O)cc12. The van der Waals surface area contributed by atoms with Crippen molar-refractivity contribution in [3.8, 4) is 5.75 Å². The lowest BCUT2D eigenvalue weighted by Crippen LogP contribution is -2.62. The fraction of sp³-hybridized carbons (Fsp3) is 0.458. The zero-order valence-electron chi connectivity index (χ0n) is 21.0. The van der Waals surface area contributed by atoms with Crippen molar-refractivity contribution in [2.75, 3.05) is 19.8 Å². The van der Waals surface area contributed by atoms with E-state index in [1.807, 2.05) is 0 Å². The van der Waals surface area contributed by atoms with Crippen LogP contribution < -0.4 is 10.1 Å². The first kappa shape index (κ1) is 28.8. The number of amides is 1. The normalized spacial score (nSPS) is 11.1. The van der Waals surface area contributed by atoms with E-state index in [0.29, 0.717) is 15.4 Å². The van der Waals surface area contributed by atoms with Crippen LogP contribution in [0, 0.1) is 0 Å². The number of hydrogen-bond acceptors (Lipinski definition) is 9. The Bertz CT molecular complexity index is 1180. The van der Waals surface area contributed by atoms with Crippen LogP contribution in [0.5, 0.6) is 5.75 Å². The first-order chi connectivity index (χ1) is 16.9. The molecule has 12 heteroatoms. The number of benzene rings is 1. The summed E-state index contributed by atoms with van der Waals surface area (Å²) in [5.41, 5.74) is -1.57. The Hall–Kier alpha value is -3.41. The highest BCUT2D eigenvalue weighted by Crippen LogP contribution is 2.37. The number of carbonyl (C=O) groups is 5. The lowest BCUT2D eigenvalue weighted by atomic mass is 9.91. The lowest BCUT2D eigenvalue weighted by Gasteiger charge is -2.30. The second-order valence-electron chi connectivity index (χ2n) is 7.70. The summed E-state index contributed by atoms with van der Waals surface area (Å²) >= 11 is 3.35. The van der Waals surface area contributed by atoms with E-state index >= 15 is 0 Å². The molecule has 36 heavy (non-hydrogen) atoms. The summed E-state index contributed by atoms with van der Waals surface area (Å²) in [5, 5.41) is 2.74. The van der Waals surface area contributed by atoms with Gasteiger partial charge in [-0.05, 0) is 48.8 Å². The van der Waals surface area contributed by atoms with Gasteiger partial charge in [0.25, 0.3) is 0 Å². The van der Waals surface area contributed by atoms with E-state index in [9.17, 15) is 24.0 Å². The van der Waals surface area contributed by atoms with Crippen molar-refractivity contribution in [1.29, 1.82) is 0 Å². The maximum absolute atomic E-state index is 13.2. The molecule has 11 nitrogen and oxygen atoms in total. The summed E-state index contributed by atoms with van der Waals surface area (Å²) in [4.78, 5) is 63.2. The molecule has 0 unspecified atom stereocenters. The molecule has 1 N–H and O–H groups in total. The molecule has 0 bridgehead atoms. The molecular weight excluding hydrogens is 540 g/mol. The van der Waals surface area contributed by atoms with Gasteiger partial charge in [0.1, 0.15) is 5.75 Å². The number of hydrogen-bond donors (Lipinski definition) is 1. The van der Waals surface area contributed by atoms with Crippen LogP contribution in [-0.4, -0.2) is 59.7 Å². The minimum atomic E-state index is -2.28. The quantitative estimate of drug-likeness (QED) is 0.198. The molecule has 0 aliphatic rings. The average molecular weight is 569 g/mol. The van der Waals surface area contributed by atoms with E-state index in [0.717, 1.165) is 6.92 Å². The van der Waals surface area contributed by atoms with Crippen molar-refractivity contribution in [3.63, 3.8) is 0 Å². The Balaban J connectivity index is 2.91. The predicted octanol–water partition coefficient (Wildman–Crippen LogP) is 2.59. The van der Waals surface area contributed by atoms with Crippen LogP contribution in [0.1, 0.15) is 50.7 Å². The van der Waals surface area contributed by atoms with Gasteiger partial charge in [-0.2, -0.15) is 0 Å². The second-order valence-corrected chi connectivity index (χ2v) is 8.55. The van der Waals surface area contributed by atoms with Gasteiger partial charge in [0.2, 0.25) is 11.4 Å². The molecule has 1 heterocycles. The molecule has 1 aromatic carbocycles. The molecule has 0 fully saturated rings. The number of fused-ring (bicyclic) bond motifs is 1. The third-order valence-electron chi connectivity index (χ3n) is 5.18. The van der Waals surface area contributed by atoms with Crippen LogP contribution in [0.15, 0.2) is 16.6 Å². The Labute approximate surface area is 216 Å². The zero-order chi connectivity index (χ0) is 27.2. The zero-order valence-corrected chi connectivity index (χ0v) is 22.6. The highest BCUT2D eigenvalue weighted by Gasteiger charge is 2.51. The Kier molecular flexibility index (Phi) is 9.62. The third-order valence-corrected chi connectivity index (χ3v) is 5.80. The first-order valence-corrected chi connectivity index (χ1v) is 12.0. The van der Waals surface area contributed by atoms with Gasteiger partial charge in [-0.25, -0.2) is 14.4 Å². The highest BCUT2D eigenvalue weighted by molar-refractivity contribution is 9.10. The molecule has 0 radical (unpaired) electrons. The molecule has 0 saturated heterocycles. The number of aromatic nitrogens is 1. The summed E-state index contributed by atoms with van der Waals surface area (Å²) in [6.45, 7) is 7.02. The summed E-state index contributed by atoms with van der Waals surface area (Å²) in [6, 6.07) is 3.10. The van der Waals surface area contributed by atoms with Gasteiger partial charge < -0.3 is 28.8 Å². The van der Waals surface area contributed by atoms with Gasteiger partial charge in [-0.15, -0.1) is 0 Å². The van der Waals surface area contributed by atoms with E-state index in [-0.39, 0.29) is 36.8 Å². The first-order valence-electron chi connectivity index (χ1n) is 11.2. The molecular formula is C24H29BrN2O9. The fourth-order valence-electron chi connectivity index (χ4n) is 3.79. The predicted molar refractivity (Wildman–Crippen MR) is 131 cm³/mol. The minimum Gasteiger partial charge on any atom is -0.464 e. The number of rotatable bonds is 10. The molecule has 0 saturated carbocycles. The molecule has 2 aromatic rings. The number of aryl methyl sites for hydroxylation is 1. The largest absolute Gasteiger partial charge is 0.464 e. The molecule has 0 atom stereocenters. The van der Waals surface area contributed by atoms with Gasteiger partial charge in [0, 0.05) is 38.4 Å². The molecule has 2 rings (SSSR count). The number of halogens is 1. The summed E-state index contributed by atoms with van der Waals surface area (Å²) < 4.78 is 22.8. The van der Waals surface area contributed by atoms with Crippen LogP contribution in [0.3, 0.4) is 0 Å². The average Bonchev–Trinajstić information content (AvgIpc) is 3.04. The van der Waals surface area contributed by atoms with Gasteiger partial charge in [-0.1, -0.05) is 0 Å². The van der Waals surface area contributed by atoms with E-state index in [4.69, 9.17) is 18.9 Å². The van der Waals surface area contributed by atoms with Gasteiger partial charge in [0.15, 0.2) is 0 Å². The van der Waals surface area contributed by atoms with Gasteiger partial charge in [-0.3, -0.25) is 9.59 Å².